The molecule has 0 aromatic heterocycles. The van der Waals surface area contributed by atoms with Crippen molar-refractivity contribution in [3.63, 3.8) is 0 Å². The Labute approximate surface area is 191 Å². The van der Waals surface area contributed by atoms with E-state index in [-0.39, 0.29) is 31.6 Å². The summed E-state index contributed by atoms with van der Waals surface area (Å²) in [7, 11) is 0. The molecule has 1 aromatic carbocycles. The van der Waals surface area contributed by atoms with E-state index in [2.05, 4.69) is 21.5 Å². The summed E-state index contributed by atoms with van der Waals surface area (Å²) in [5.41, 5.74) is 1.30. The number of amides is 1. The predicted octanol–water partition coefficient (Wildman–Crippen LogP) is 1.20. The average Bonchev–Trinajstić information content (AvgIpc) is 2.82. The van der Waals surface area contributed by atoms with Crippen LogP contribution in [0.25, 0.3) is 6.08 Å². The van der Waals surface area contributed by atoms with Gasteiger partial charge in [-0.3, -0.25) is 4.79 Å². The number of carbonyl (C=O) groups is 1. The van der Waals surface area contributed by atoms with E-state index in [0.29, 0.717) is 55.8 Å². The number of hydrogen-bond acceptors (Lipinski definition) is 9. The molecule has 1 unspecified atom stereocenters. The Hall–Kier alpha value is -3.36. The van der Waals surface area contributed by atoms with Crippen molar-refractivity contribution < 1.29 is 29.3 Å². The molecule has 2 aliphatic rings. The lowest BCUT2D eigenvalue weighted by Gasteiger charge is -2.26. The lowest BCUT2D eigenvalue weighted by atomic mass is 9.87. The molecule has 3 rings (SSSR count). The van der Waals surface area contributed by atoms with Crippen molar-refractivity contribution in [2.24, 2.45) is 5.92 Å². The number of rotatable bonds is 11. The van der Waals surface area contributed by atoms with Crippen LogP contribution in [0.2, 0.25) is 0 Å². The zero-order valence-electron chi connectivity index (χ0n) is 18.2. The van der Waals surface area contributed by atoms with E-state index in [1.165, 1.54) is 0 Å². The minimum absolute atomic E-state index is 0.0590. The number of nitrogens with zero attached hydrogens (tertiary/aromatic N) is 2. The molecule has 1 aliphatic carbocycles. The summed E-state index contributed by atoms with van der Waals surface area (Å²) in [4.78, 5) is 27.2. The van der Waals surface area contributed by atoms with Crippen LogP contribution in [0.3, 0.4) is 0 Å². The molecule has 11 heteroatoms. The third-order valence-electron chi connectivity index (χ3n) is 5.55. The van der Waals surface area contributed by atoms with Gasteiger partial charge in [0.25, 0.3) is 5.09 Å². The summed E-state index contributed by atoms with van der Waals surface area (Å²) < 4.78 is 11.3. The van der Waals surface area contributed by atoms with Gasteiger partial charge in [-0.2, -0.15) is 5.26 Å². The lowest BCUT2D eigenvalue weighted by Crippen LogP contribution is -2.40. The van der Waals surface area contributed by atoms with Gasteiger partial charge in [0.2, 0.25) is 5.91 Å². The third-order valence-corrected chi connectivity index (χ3v) is 5.55. The summed E-state index contributed by atoms with van der Waals surface area (Å²) >= 11 is 0. The Morgan fingerprint density at radius 1 is 1.33 bits per heavy atom. The Morgan fingerprint density at radius 3 is 2.85 bits per heavy atom. The van der Waals surface area contributed by atoms with Crippen LogP contribution in [0.1, 0.15) is 31.2 Å². The van der Waals surface area contributed by atoms with Crippen molar-refractivity contribution in [3.8, 4) is 17.6 Å². The van der Waals surface area contributed by atoms with Crippen molar-refractivity contribution in [3.05, 3.63) is 39.4 Å². The molecule has 33 heavy (non-hydrogen) atoms. The van der Waals surface area contributed by atoms with Crippen LogP contribution in [-0.4, -0.2) is 61.2 Å². The highest BCUT2D eigenvalue weighted by molar-refractivity contribution is 5.78. The van der Waals surface area contributed by atoms with E-state index in [4.69, 9.17) is 14.7 Å². The molecular formula is C22H28N4O7. The topological polar surface area (TPSA) is 156 Å². The first-order valence-electron chi connectivity index (χ1n) is 10.9. The molecule has 1 atom stereocenters. The predicted molar refractivity (Wildman–Crippen MR) is 117 cm³/mol. The van der Waals surface area contributed by atoms with Gasteiger partial charge in [0.05, 0.1) is 11.6 Å². The van der Waals surface area contributed by atoms with Crippen LogP contribution in [0.4, 0.5) is 0 Å². The van der Waals surface area contributed by atoms with E-state index in [1.807, 2.05) is 6.07 Å². The maximum Gasteiger partial charge on any atom is 0.294 e. The molecule has 1 heterocycles. The van der Waals surface area contributed by atoms with E-state index < -0.39 is 17.3 Å². The standard InChI is InChI=1S/C22H28N4O7/c23-11-15-10-17-2-1-3-20(21(17)32-13-15)31-14-18(27)12-24-8-9-25-22(28)16-4-6-19(7-5-16)33-26(29)30/h1-3,10,16,18-19,24,27H,4-9,12-14H2,(H,25,28). The smallest absolute Gasteiger partial charge is 0.294 e. The monoisotopic (exact) mass is 460 g/mol. The van der Waals surface area contributed by atoms with E-state index >= 15 is 0 Å². The molecule has 1 aliphatic heterocycles. The number of ether oxygens (including phenoxy) is 2. The molecule has 1 saturated carbocycles. The van der Waals surface area contributed by atoms with Crippen LogP contribution < -0.4 is 20.1 Å². The van der Waals surface area contributed by atoms with Crippen molar-refractivity contribution in [1.29, 1.82) is 5.26 Å². The number of nitriles is 1. The van der Waals surface area contributed by atoms with Crippen molar-refractivity contribution in [2.45, 2.75) is 37.9 Å². The van der Waals surface area contributed by atoms with Crippen molar-refractivity contribution >= 4 is 12.0 Å². The summed E-state index contributed by atoms with van der Waals surface area (Å²) in [6.07, 6.45) is 2.69. The molecule has 0 saturated heterocycles. The van der Waals surface area contributed by atoms with E-state index in [9.17, 15) is 20.0 Å². The van der Waals surface area contributed by atoms with Crippen LogP contribution >= 0.6 is 0 Å². The largest absolute Gasteiger partial charge is 0.487 e. The Balaban J connectivity index is 1.29. The van der Waals surface area contributed by atoms with Gasteiger partial charge in [0.15, 0.2) is 11.5 Å². The van der Waals surface area contributed by atoms with Crippen LogP contribution in [0.15, 0.2) is 23.8 Å². The summed E-state index contributed by atoms with van der Waals surface area (Å²) in [5.74, 6) is 0.833. The van der Waals surface area contributed by atoms with Gasteiger partial charge >= 0.3 is 0 Å². The molecule has 1 aromatic rings. The number of benzene rings is 1. The fraction of sp³-hybridized carbons (Fsp3) is 0.545. The quantitative estimate of drug-likeness (QED) is 0.251. The lowest BCUT2D eigenvalue weighted by molar-refractivity contribution is -0.769. The number of carbonyl (C=O) groups excluding carboxylic acids is 1. The highest BCUT2D eigenvalue weighted by atomic mass is 17.0. The summed E-state index contributed by atoms with van der Waals surface area (Å²) in [6.45, 7) is 1.42. The van der Waals surface area contributed by atoms with E-state index in [1.54, 1.807) is 18.2 Å². The molecule has 0 bridgehead atoms. The Kier molecular flexibility index (Phi) is 8.86. The third kappa shape index (κ3) is 7.34. The van der Waals surface area contributed by atoms with Gasteiger partial charge in [-0.15, -0.1) is 10.1 Å². The maximum atomic E-state index is 12.2. The van der Waals surface area contributed by atoms with Crippen LogP contribution in [-0.2, 0) is 9.63 Å². The summed E-state index contributed by atoms with van der Waals surface area (Å²) in [5, 5.41) is 34.7. The fourth-order valence-electron chi connectivity index (χ4n) is 3.84. The SMILES string of the molecule is N#CC1=Cc2cccc(OCC(O)CNCCNC(=O)C3CCC(O[N+](=O)[O-])CC3)c2OC1. The number of fused-ring (bicyclic) bond motifs is 1. The van der Waals surface area contributed by atoms with Gasteiger partial charge in [0.1, 0.15) is 25.4 Å². The molecular weight excluding hydrogens is 432 g/mol. The van der Waals surface area contributed by atoms with Gasteiger partial charge in [-0.25, -0.2) is 0 Å². The first-order valence-corrected chi connectivity index (χ1v) is 10.9. The number of nitrogens with one attached hydrogen (secondary N) is 2. The van der Waals surface area contributed by atoms with Gasteiger partial charge in [-0.1, -0.05) is 12.1 Å². The Morgan fingerprint density at radius 2 is 2.12 bits per heavy atom. The number of hydrogen-bond donors (Lipinski definition) is 3. The minimum atomic E-state index is -0.777. The number of aliphatic hydroxyl groups excluding tert-OH is 1. The highest BCUT2D eigenvalue weighted by Gasteiger charge is 2.27. The molecule has 3 N–H and O–H groups in total. The van der Waals surface area contributed by atoms with Crippen molar-refractivity contribution in [2.75, 3.05) is 32.8 Å². The van der Waals surface area contributed by atoms with Crippen LogP contribution in [0, 0.1) is 27.4 Å². The zero-order valence-corrected chi connectivity index (χ0v) is 18.2. The highest BCUT2D eigenvalue weighted by Crippen LogP contribution is 2.35. The second kappa shape index (κ2) is 12.0. The zero-order chi connectivity index (χ0) is 23.6. The fourth-order valence-corrected chi connectivity index (χ4v) is 3.84. The van der Waals surface area contributed by atoms with E-state index in [0.717, 1.165) is 5.56 Å². The Bertz CT molecular complexity index is 906. The van der Waals surface area contributed by atoms with Crippen molar-refractivity contribution in [1.82, 2.24) is 10.6 Å². The normalized spacial score (nSPS) is 20.3. The van der Waals surface area contributed by atoms with Crippen LogP contribution in [0.5, 0.6) is 11.5 Å². The molecule has 1 fully saturated rings. The number of aliphatic hydroxyl groups is 1. The first-order chi connectivity index (χ1) is 16.0. The molecule has 0 radical (unpaired) electrons. The molecule has 178 valence electrons. The summed E-state index contributed by atoms with van der Waals surface area (Å²) in [6, 6.07) is 7.45. The molecule has 1 amide bonds. The number of para-hydroxylation sites is 1. The molecule has 0 spiro atoms. The second-order valence-electron chi connectivity index (χ2n) is 8.01. The van der Waals surface area contributed by atoms with Gasteiger partial charge in [-0.05, 0) is 37.8 Å². The maximum absolute atomic E-state index is 12.2. The second-order valence-corrected chi connectivity index (χ2v) is 8.01. The average molecular weight is 460 g/mol. The first kappa shape index (κ1) is 24.3. The van der Waals surface area contributed by atoms with Gasteiger partial charge < -0.3 is 30.1 Å². The minimum Gasteiger partial charge on any atom is -0.487 e. The molecule has 11 nitrogen and oxygen atoms in total. The van der Waals surface area contributed by atoms with Gasteiger partial charge in [0, 0.05) is 31.1 Å².